The Morgan fingerprint density at radius 2 is 1.77 bits per heavy atom. The minimum Gasteiger partial charge on any atom is -0.302 e. The number of benzene rings is 2. The van der Waals surface area contributed by atoms with Gasteiger partial charge in [-0.3, -0.25) is 9.69 Å². The van der Waals surface area contributed by atoms with Crippen LogP contribution in [0.5, 0.6) is 0 Å². The molecule has 1 aromatic heterocycles. The Labute approximate surface area is 188 Å². The van der Waals surface area contributed by atoms with E-state index in [9.17, 15) is 4.79 Å². The lowest BCUT2D eigenvalue weighted by atomic mass is 10.1. The first kappa shape index (κ1) is 23.8. The summed E-state index contributed by atoms with van der Waals surface area (Å²) >= 11 is 1.55. The summed E-state index contributed by atoms with van der Waals surface area (Å²) in [7, 11) is 0. The lowest BCUT2D eigenvalue weighted by Crippen LogP contribution is -2.38. The molecule has 0 saturated heterocycles. The molecule has 3 aromatic rings. The Morgan fingerprint density at radius 1 is 1.10 bits per heavy atom. The second-order valence-electron chi connectivity index (χ2n) is 7.10. The summed E-state index contributed by atoms with van der Waals surface area (Å²) in [5.74, 6) is -0.0879. The zero-order valence-corrected chi connectivity index (χ0v) is 19.4. The number of nitriles is 1. The zero-order valence-electron chi connectivity index (χ0n) is 17.8. The molecule has 0 aliphatic carbocycles. The summed E-state index contributed by atoms with van der Waals surface area (Å²) in [5.41, 5.74) is 4.38. The number of nitrogens with zero attached hydrogens (tertiary/aromatic N) is 4. The summed E-state index contributed by atoms with van der Waals surface area (Å²) in [6.45, 7) is 11.6. The number of likely N-dealkylation sites (N-methyl/N-ethyl adjacent to an activating group) is 1. The summed E-state index contributed by atoms with van der Waals surface area (Å²) in [6, 6.07) is 13.1. The van der Waals surface area contributed by atoms with E-state index in [-0.39, 0.29) is 18.3 Å². The average molecular weight is 443 g/mol. The van der Waals surface area contributed by atoms with Crippen LogP contribution in [0.2, 0.25) is 0 Å². The van der Waals surface area contributed by atoms with Crippen LogP contribution in [0, 0.1) is 25.2 Å². The average Bonchev–Trinajstić information content (AvgIpc) is 3.15. The van der Waals surface area contributed by atoms with E-state index in [0.29, 0.717) is 17.7 Å². The summed E-state index contributed by atoms with van der Waals surface area (Å²) in [6.07, 6.45) is 0. The van der Waals surface area contributed by atoms with Gasteiger partial charge in [-0.25, -0.2) is 4.98 Å². The van der Waals surface area contributed by atoms with Gasteiger partial charge in [0.25, 0.3) is 5.91 Å². The molecule has 1 amide bonds. The normalized spacial score (nSPS) is 10.7. The standard InChI is InChI=1S/C23H26N4OS.ClH/c1-5-26(6-2)11-12-27(22(28)19-9-7-18(15-24)8-10-19)23-25-21-17(4)13-16(3)14-20(21)29-23;/h7-10,13-14H,5-6,11-12H2,1-4H3;1H. The number of aryl methyl sites for hydroxylation is 2. The molecule has 30 heavy (non-hydrogen) atoms. The molecule has 5 nitrogen and oxygen atoms in total. The molecule has 0 aliphatic rings. The van der Waals surface area contributed by atoms with Crippen LogP contribution in [-0.4, -0.2) is 42.0 Å². The van der Waals surface area contributed by atoms with Gasteiger partial charge in [-0.05, 0) is 68.4 Å². The molecule has 7 heteroatoms. The van der Waals surface area contributed by atoms with Crippen LogP contribution in [0.3, 0.4) is 0 Å². The highest BCUT2D eigenvalue weighted by atomic mass is 35.5. The second-order valence-corrected chi connectivity index (χ2v) is 8.11. The number of fused-ring (bicyclic) bond motifs is 1. The van der Waals surface area contributed by atoms with Crippen molar-refractivity contribution in [3.05, 3.63) is 58.7 Å². The van der Waals surface area contributed by atoms with Gasteiger partial charge >= 0.3 is 0 Å². The second kappa shape index (κ2) is 10.5. The van der Waals surface area contributed by atoms with E-state index >= 15 is 0 Å². The van der Waals surface area contributed by atoms with Crippen molar-refractivity contribution in [2.45, 2.75) is 27.7 Å². The van der Waals surface area contributed by atoms with E-state index < -0.39 is 0 Å². The predicted octanol–water partition coefficient (Wildman–Crippen LogP) is 5.20. The van der Waals surface area contributed by atoms with Crippen LogP contribution in [0.4, 0.5) is 5.13 Å². The van der Waals surface area contributed by atoms with Gasteiger partial charge in [0.1, 0.15) is 0 Å². The minimum atomic E-state index is -0.0879. The molecule has 0 N–H and O–H groups in total. The smallest absolute Gasteiger partial charge is 0.260 e. The van der Waals surface area contributed by atoms with Crippen LogP contribution < -0.4 is 4.90 Å². The van der Waals surface area contributed by atoms with E-state index in [4.69, 9.17) is 10.2 Å². The van der Waals surface area contributed by atoms with Crippen molar-refractivity contribution < 1.29 is 4.79 Å². The van der Waals surface area contributed by atoms with Crippen molar-refractivity contribution >= 4 is 45.0 Å². The molecule has 0 atom stereocenters. The quantitative estimate of drug-likeness (QED) is 0.504. The van der Waals surface area contributed by atoms with Crippen LogP contribution in [-0.2, 0) is 0 Å². The van der Waals surface area contributed by atoms with Crippen LogP contribution in [0.15, 0.2) is 36.4 Å². The molecule has 1 heterocycles. The third kappa shape index (κ3) is 5.17. The molecule has 0 unspecified atom stereocenters. The van der Waals surface area contributed by atoms with Gasteiger partial charge in [-0.1, -0.05) is 31.3 Å². The Morgan fingerprint density at radius 3 is 2.37 bits per heavy atom. The van der Waals surface area contributed by atoms with Gasteiger partial charge in [0.05, 0.1) is 21.8 Å². The lowest BCUT2D eigenvalue weighted by Gasteiger charge is -2.24. The van der Waals surface area contributed by atoms with Gasteiger partial charge in [-0.2, -0.15) is 5.26 Å². The van der Waals surface area contributed by atoms with E-state index in [0.717, 1.165) is 40.5 Å². The highest BCUT2D eigenvalue weighted by molar-refractivity contribution is 7.22. The number of carbonyl (C=O) groups is 1. The van der Waals surface area contributed by atoms with Crippen LogP contribution in [0.1, 0.15) is 40.9 Å². The molecule has 0 fully saturated rings. The van der Waals surface area contributed by atoms with Gasteiger partial charge in [0.15, 0.2) is 5.13 Å². The molecule has 0 radical (unpaired) electrons. The Bertz CT molecular complexity index is 1050. The largest absolute Gasteiger partial charge is 0.302 e. The highest BCUT2D eigenvalue weighted by Gasteiger charge is 2.22. The van der Waals surface area contributed by atoms with Crippen LogP contribution in [0.25, 0.3) is 10.2 Å². The molecule has 0 bridgehead atoms. The predicted molar refractivity (Wildman–Crippen MR) is 127 cm³/mol. The number of amides is 1. The summed E-state index contributed by atoms with van der Waals surface area (Å²) in [4.78, 5) is 22.2. The molecular weight excluding hydrogens is 416 g/mol. The number of thiazole rings is 1. The maximum atomic E-state index is 13.4. The third-order valence-electron chi connectivity index (χ3n) is 5.09. The number of anilines is 1. The van der Waals surface area contributed by atoms with E-state index in [2.05, 4.69) is 50.8 Å². The molecule has 0 aliphatic heterocycles. The minimum absolute atomic E-state index is 0. The fraction of sp³-hybridized carbons (Fsp3) is 0.348. The fourth-order valence-corrected chi connectivity index (χ4v) is 4.55. The number of halogens is 1. The fourth-order valence-electron chi connectivity index (χ4n) is 3.38. The molecule has 158 valence electrons. The van der Waals surface area contributed by atoms with Crippen molar-refractivity contribution in [1.82, 2.24) is 9.88 Å². The monoisotopic (exact) mass is 442 g/mol. The summed E-state index contributed by atoms with van der Waals surface area (Å²) < 4.78 is 1.10. The number of aromatic nitrogens is 1. The lowest BCUT2D eigenvalue weighted by molar-refractivity contribution is 0.0984. The maximum absolute atomic E-state index is 13.4. The van der Waals surface area contributed by atoms with E-state index in [1.54, 1.807) is 40.5 Å². The third-order valence-corrected chi connectivity index (χ3v) is 6.12. The number of hydrogen-bond donors (Lipinski definition) is 0. The topological polar surface area (TPSA) is 60.2 Å². The molecule has 0 spiro atoms. The van der Waals surface area contributed by atoms with Crippen LogP contribution >= 0.6 is 23.7 Å². The van der Waals surface area contributed by atoms with Gasteiger partial charge < -0.3 is 4.90 Å². The Hall–Kier alpha value is -2.46. The van der Waals surface area contributed by atoms with Gasteiger partial charge in [-0.15, -0.1) is 12.4 Å². The molecule has 3 rings (SSSR count). The maximum Gasteiger partial charge on any atom is 0.260 e. The zero-order chi connectivity index (χ0) is 21.0. The van der Waals surface area contributed by atoms with Crippen molar-refractivity contribution in [3.63, 3.8) is 0 Å². The van der Waals surface area contributed by atoms with Gasteiger partial charge in [0, 0.05) is 18.7 Å². The molecule has 0 saturated carbocycles. The number of hydrogen-bond acceptors (Lipinski definition) is 5. The SMILES string of the molecule is CCN(CC)CCN(C(=O)c1ccc(C#N)cc1)c1nc2c(C)cc(C)cc2s1.Cl. The first-order chi connectivity index (χ1) is 14.0. The number of rotatable bonds is 7. The van der Waals surface area contributed by atoms with Crippen molar-refractivity contribution in [2.75, 3.05) is 31.1 Å². The Kier molecular flexibility index (Phi) is 8.36. The summed E-state index contributed by atoms with van der Waals surface area (Å²) in [5, 5.41) is 9.74. The van der Waals surface area contributed by atoms with Crippen molar-refractivity contribution in [3.8, 4) is 6.07 Å². The van der Waals surface area contributed by atoms with Crippen molar-refractivity contribution in [1.29, 1.82) is 5.26 Å². The molecular formula is C23H27ClN4OS. The Balaban J connectivity index is 0.00000320. The molecule has 2 aromatic carbocycles. The van der Waals surface area contributed by atoms with E-state index in [1.807, 2.05) is 0 Å². The first-order valence-electron chi connectivity index (χ1n) is 9.89. The van der Waals surface area contributed by atoms with E-state index in [1.165, 1.54) is 5.56 Å². The number of carbonyl (C=O) groups excluding carboxylic acids is 1. The van der Waals surface area contributed by atoms with Crippen molar-refractivity contribution in [2.24, 2.45) is 0 Å². The van der Waals surface area contributed by atoms with Gasteiger partial charge in [0.2, 0.25) is 0 Å². The highest BCUT2D eigenvalue weighted by Crippen LogP contribution is 2.32. The first-order valence-corrected chi connectivity index (χ1v) is 10.7.